The van der Waals surface area contributed by atoms with Crippen LogP contribution in [0.5, 0.6) is 0 Å². The summed E-state index contributed by atoms with van der Waals surface area (Å²) in [5, 5.41) is 0. The lowest BCUT2D eigenvalue weighted by Crippen LogP contribution is -1.47. The van der Waals surface area contributed by atoms with E-state index in [9.17, 15) is 0 Å². The second-order valence-electron chi connectivity index (χ2n) is 3.18. The van der Waals surface area contributed by atoms with Gasteiger partial charge in [-0.15, -0.1) is 0 Å². The molecule has 1 rings (SSSR count). The second kappa shape index (κ2) is 22.4. The largest absolute Gasteiger partial charge is 0.0776 e. The minimum absolute atomic E-state index is 0. The van der Waals surface area contributed by atoms with Crippen LogP contribution in [0.25, 0.3) is 0 Å². The molecule has 0 aromatic rings. The van der Waals surface area contributed by atoms with Gasteiger partial charge in [-0.2, -0.15) is 0 Å². The van der Waals surface area contributed by atoms with Crippen LogP contribution < -0.4 is 0 Å². The van der Waals surface area contributed by atoms with Gasteiger partial charge in [0, 0.05) is 0 Å². The van der Waals surface area contributed by atoms with Gasteiger partial charge in [0.2, 0.25) is 0 Å². The molecule has 1 saturated carbocycles. The van der Waals surface area contributed by atoms with Crippen molar-refractivity contribution in [3.05, 3.63) is 0 Å². The van der Waals surface area contributed by atoms with Crippen molar-refractivity contribution < 1.29 is 0 Å². The van der Waals surface area contributed by atoms with E-state index in [1.807, 2.05) is 0 Å². The number of rotatable bonds is 0. The van der Waals surface area contributed by atoms with Crippen LogP contribution in [0.4, 0.5) is 0 Å². The fourth-order valence-corrected chi connectivity index (χ4v) is 0.884. The lowest BCUT2D eigenvalue weighted by Gasteiger charge is -1.67. The summed E-state index contributed by atoms with van der Waals surface area (Å²) in [7, 11) is 0. The number of hydrogen-bond donors (Lipinski definition) is 0. The molecule has 0 nitrogen and oxygen atoms in total. The molecule has 0 aromatic carbocycles. The average molecular weight is 174 g/mol. The van der Waals surface area contributed by atoms with E-state index < -0.39 is 0 Å². The van der Waals surface area contributed by atoms with Gasteiger partial charge in [-0.3, -0.25) is 0 Å². The van der Waals surface area contributed by atoms with Crippen LogP contribution in [0, 0.1) is 0 Å². The Kier molecular flexibility index (Phi) is 33.5. The predicted octanol–water partition coefficient (Wildman–Crippen LogP) is 5.42. The van der Waals surface area contributed by atoms with E-state index in [4.69, 9.17) is 0 Å². The normalized spacial score (nSPS) is 13.0. The Balaban J connectivity index is -0.000000104. The maximum Gasteiger partial charge on any atom is -0.0533 e. The Morgan fingerprint density at radius 1 is 0.583 bits per heavy atom. The summed E-state index contributed by atoms with van der Waals surface area (Å²) >= 11 is 0. The van der Waals surface area contributed by atoms with Crippen molar-refractivity contribution in [1.29, 1.82) is 0 Å². The quantitative estimate of drug-likeness (QED) is 0.460. The van der Waals surface area contributed by atoms with Crippen molar-refractivity contribution >= 4 is 0 Å². The van der Waals surface area contributed by atoms with E-state index in [1.54, 1.807) is 0 Å². The lowest BCUT2D eigenvalue weighted by atomic mass is 10.4. The van der Waals surface area contributed by atoms with E-state index in [2.05, 4.69) is 27.7 Å². The van der Waals surface area contributed by atoms with E-state index >= 15 is 0 Å². The molecule has 1 aliphatic carbocycles. The summed E-state index contributed by atoms with van der Waals surface area (Å²) < 4.78 is 0. The van der Waals surface area contributed by atoms with Gasteiger partial charge in [0.05, 0.1) is 0 Å². The molecule has 0 heteroatoms. The van der Waals surface area contributed by atoms with Crippen LogP contribution in [-0.4, -0.2) is 0 Å². The first-order valence-electron chi connectivity index (χ1n) is 5.33. The molecule has 0 saturated heterocycles. The third-order valence-electron chi connectivity index (χ3n) is 1.25. The molecule has 0 unspecified atom stereocenters. The third kappa shape index (κ3) is 32.4. The van der Waals surface area contributed by atoms with E-state index in [0.29, 0.717) is 0 Å². The van der Waals surface area contributed by atoms with Gasteiger partial charge < -0.3 is 0 Å². The first kappa shape index (κ1) is 17.9. The zero-order chi connectivity index (χ0) is 8.95. The van der Waals surface area contributed by atoms with Crippen molar-refractivity contribution in [2.24, 2.45) is 0 Å². The topological polar surface area (TPSA) is 0 Å². The third-order valence-corrected chi connectivity index (χ3v) is 1.25. The first-order valence-corrected chi connectivity index (χ1v) is 5.33. The highest BCUT2D eigenvalue weighted by molar-refractivity contribution is 4.51. The molecule has 1 aliphatic rings. The summed E-state index contributed by atoms with van der Waals surface area (Å²) in [6, 6.07) is 0. The molecule has 12 heavy (non-hydrogen) atoms. The van der Waals surface area contributed by atoms with Crippen molar-refractivity contribution in [2.45, 2.75) is 80.1 Å². The van der Waals surface area contributed by atoms with E-state index in [0.717, 1.165) is 0 Å². The Morgan fingerprint density at radius 2 is 0.667 bits per heavy atom. The van der Waals surface area contributed by atoms with E-state index in [1.165, 1.54) is 44.9 Å². The van der Waals surface area contributed by atoms with Crippen LogP contribution in [0.1, 0.15) is 80.1 Å². The fraction of sp³-hybridized carbons (Fsp3) is 1.00. The van der Waals surface area contributed by atoms with Gasteiger partial charge in [-0.25, -0.2) is 0 Å². The highest BCUT2D eigenvalue weighted by Gasteiger charge is 1.95. The molecule has 0 amide bonds. The van der Waals surface area contributed by atoms with Gasteiger partial charge in [-0.1, -0.05) is 80.1 Å². The van der Waals surface area contributed by atoms with Crippen LogP contribution >= 0.6 is 0 Å². The molecule has 78 valence electrons. The molecular weight excluding hydrogens is 144 g/mol. The molecule has 0 aromatic heterocycles. The van der Waals surface area contributed by atoms with Gasteiger partial charge >= 0.3 is 0 Å². The summed E-state index contributed by atoms with van der Waals surface area (Å²) in [5.74, 6) is 0. The van der Waals surface area contributed by atoms with Crippen molar-refractivity contribution in [2.75, 3.05) is 0 Å². The molecule has 0 N–H and O–H groups in total. The van der Waals surface area contributed by atoms with Gasteiger partial charge in [-0.05, 0) is 0 Å². The smallest absolute Gasteiger partial charge is 0.0533 e. The van der Waals surface area contributed by atoms with Gasteiger partial charge in [0.15, 0.2) is 0 Å². The highest BCUT2D eigenvalue weighted by Crippen LogP contribution is 2.15. The maximum atomic E-state index is 2.12. The monoisotopic (exact) mass is 174 g/mol. The zero-order valence-electron chi connectivity index (χ0n) is 8.95. The Morgan fingerprint density at radius 3 is 0.750 bits per heavy atom. The minimum Gasteiger partial charge on any atom is -0.0776 e. The molecular formula is C12H30. The molecule has 0 heterocycles. The SMILES string of the molecule is C.C1CCCC1.CCC.CCC. The molecule has 0 atom stereocenters. The Labute approximate surface area is 80.8 Å². The van der Waals surface area contributed by atoms with Crippen LogP contribution in [0.2, 0.25) is 0 Å². The van der Waals surface area contributed by atoms with Gasteiger partial charge in [0.25, 0.3) is 0 Å². The van der Waals surface area contributed by atoms with Crippen molar-refractivity contribution in [1.82, 2.24) is 0 Å². The highest BCUT2D eigenvalue weighted by atomic mass is 14.0. The maximum absolute atomic E-state index is 2.12. The standard InChI is InChI=1S/C5H10.2C3H8.CH4/c1-2-4-5-3-1;2*1-3-2;/h1-5H2;2*3H2,1-2H3;1H4. The predicted molar refractivity (Wildman–Crippen MR) is 61.7 cm³/mol. The molecule has 0 radical (unpaired) electrons. The van der Waals surface area contributed by atoms with Gasteiger partial charge in [0.1, 0.15) is 0 Å². The molecule has 0 spiro atoms. The summed E-state index contributed by atoms with van der Waals surface area (Å²) in [6.45, 7) is 8.50. The van der Waals surface area contributed by atoms with E-state index in [-0.39, 0.29) is 7.43 Å². The zero-order valence-corrected chi connectivity index (χ0v) is 8.95. The Hall–Kier alpha value is 0. The van der Waals surface area contributed by atoms with Crippen LogP contribution in [0.3, 0.4) is 0 Å². The molecule has 0 bridgehead atoms. The van der Waals surface area contributed by atoms with Crippen molar-refractivity contribution in [3.8, 4) is 0 Å². The second-order valence-corrected chi connectivity index (χ2v) is 3.18. The molecule has 1 fully saturated rings. The van der Waals surface area contributed by atoms with Crippen LogP contribution in [0.15, 0.2) is 0 Å². The molecule has 0 aliphatic heterocycles. The average Bonchev–Trinajstić information content (AvgIpc) is 2.44. The fourth-order valence-electron chi connectivity index (χ4n) is 0.884. The minimum atomic E-state index is 0. The van der Waals surface area contributed by atoms with Crippen LogP contribution in [-0.2, 0) is 0 Å². The summed E-state index contributed by atoms with van der Waals surface area (Å²) in [5.41, 5.74) is 0. The summed E-state index contributed by atoms with van der Waals surface area (Å²) in [4.78, 5) is 0. The number of hydrogen-bond acceptors (Lipinski definition) is 0. The Bertz CT molecular complexity index is 25.7. The first-order chi connectivity index (χ1) is 5.33. The summed E-state index contributed by atoms with van der Waals surface area (Å²) in [6.07, 6.45) is 10.0. The van der Waals surface area contributed by atoms with Crippen molar-refractivity contribution in [3.63, 3.8) is 0 Å². The lowest BCUT2D eigenvalue weighted by molar-refractivity contribution is 0.886.